The SMILES string of the molecule is O=C(C[NH2+]C(c1ccccc1)c1ccccc1)Nc1ccc(Br)cc1F. The lowest BCUT2D eigenvalue weighted by Crippen LogP contribution is -2.87. The van der Waals surface area contributed by atoms with Gasteiger partial charge in [-0.1, -0.05) is 76.6 Å². The van der Waals surface area contributed by atoms with Crippen molar-refractivity contribution in [3.8, 4) is 0 Å². The molecule has 26 heavy (non-hydrogen) atoms. The van der Waals surface area contributed by atoms with Crippen molar-refractivity contribution >= 4 is 27.5 Å². The first-order valence-corrected chi connectivity index (χ1v) is 9.11. The Morgan fingerprint density at radius 1 is 0.962 bits per heavy atom. The van der Waals surface area contributed by atoms with E-state index < -0.39 is 5.82 Å². The van der Waals surface area contributed by atoms with E-state index in [0.29, 0.717) is 4.47 Å². The number of halogens is 2. The molecule has 0 heterocycles. The molecule has 0 spiro atoms. The Labute approximate surface area is 160 Å². The molecule has 3 rings (SSSR count). The largest absolute Gasteiger partial charge is 0.328 e. The monoisotopic (exact) mass is 413 g/mol. The minimum absolute atomic E-state index is 0.00193. The van der Waals surface area contributed by atoms with Crippen LogP contribution >= 0.6 is 15.9 Å². The zero-order chi connectivity index (χ0) is 18.4. The lowest BCUT2D eigenvalue weighted by atomic mass is 9.99. The number of rotatable bonds is 6. The Hall–Kier alpha value is -2.50. The summed E-state index contributed by atoms with van der Waals surface area (Å²) in [5.41, 5.74) is 2.41. The lowest BCUT2D eigenvalue weighted by Gasteiger charge is -2.16. The van der Waals surface area contributed by atoms with E-state index in [1.54, 1.807) is 12.1 Å². The minimum atomic E-state index is -0.463. The number of quaternary nitrogens is 1. The summed E-state index contributed by atoms with van der Waals surface area (Å²) >= 11 is 3.21. The number of nitrogens with one attached hydrogen (secondary N) is 1. The highest BCUT2D eigenvalue weighted by Crippen LogP contribution is 2.19. The maximum absolute atomic E-state index is 13.9. The summed E-state index contributed by atoms with van der Waals surface area (Å²) in [5.74, 6) is -0.710. The van der Waals surface area contributed by atoms with Crippen LogP contribution < -0.4 is 10.6 Å². The van der Waals surface area contributed by atoms with Crippen molar-refractivity contribution in [1.29, 1.82) is 0 Å². The van der Waals surface area contributed by atoms with E-state index in [4.69, 9.17) is 0 Å². The quantitative estimate of drug-likeness (QED) is 0.632. The molecule has 3 N–H and O–H groups in total. The van der Waals surface area contributed by atoms with E-state index in [-0.39, 0.29) is 24.2 Å². The Kier molecular flexibility index (Phi) is 6.15. The molecule has 0 radical (unpaired) electrons. The van der Waals surface area contributed by atoms with Gasteiger partial charge in [0.15, 0.2) is 6.54 Å². The van der Waals surface area contributed by atoms with Crippen molar-refractivity contribution in [2.45, 2.75) is 6.04 Å². The molecule has 0 aliphatic carbocycles. The molecule has 3 aromatic carbocycles. The van der Waals surface area contributed by atoms with Gasteiger partial charge in [0.25, 0.3) is 5.91 Å². The Morgan fingerprint density at radius 2 is 1.54 bits per heavy atom. The lowest BCUT2D eigenvalue weighted by molar-refractivity contribution is -0.676. The second-order valence-corrected chi connectivity index (χ2v) is 6.83. The van der Waals surface area contributed by atoms with Gasteiger partial charge in [-0.2, -0.15) is 0 Å². The number of anilines is 1. The molecule has 0 atom stereocenters. The standard InChI is InChI=1S/C21H18BrFN2O/c22-17-11-12-19(18(23)13-17)25-20(26)14-24-21(15-7-3-1-4-8-15)16-9-5-2-6-10-16/h1-13,21,24H,14H2,(H,25,26)/p+1. The van der Waals surface area contributed by atoms with Crippen LogP contribution in [0.5, 0.6) is 0 Å². The first-order valence-electron chi connectivity index (χ1n) is 8.31. The van der Waals surface area contributed by atoms with Crippen molar-refractivity contribution in [2.75, 3.05) is 11.9 Å². The highest BCUT2D eigenvalue weighted by molar-refractivity contribution is 9.10. The minimum Gasteiger partial charge on any atom is -0.328 e. The zero-order valence-electron chi connectivity index (χ0n) is 14.0. The summed E-state index contributed by atoms with van der Waals surface area (Å²) in [5, 5.41) is 4.58. The molecule has 5 heteroatoms. The molecular formula is C21H19BrFN2O+. The molecule has 0 saturated carbocycles. The summed E-state index contributed by atoms with van der Waals surface area (Å²) in [6.45, 7) is 0.184. The molecule has 0 aliphatic rings. The number of hydrogen-bond acceptors (Lipinski definition) is 1. The molecule has 0 saturated heterocycles. The third-order valence-electron chi connectivity index (χ3n) is 4.06. The smallest absolute Gasteiger partial charge is 0.279 e. The van der Waals surface area contributed by atoms with Crippen molar-refractivity contribution < 1.29 is 14.5 Å². The number of amides is 1. The first kappa shape index (κ1) is 18.3. The van der Waals surface area contributed by atoms with Crippen LogP contribution in [-0.2, 0) is 4.79 Å². The van der Waals surface area contributed by atoms with Crippen LogP contribution in [0.3, 0.4) is 0 Å². The van der Waals surface area contributed by atoms with E-state index in [0.717, 1.165) is 11.1 Å². The molecular weight excluding hydrogens is 395 g/mol. The predicted molar refractivity (Wildman–Crippen MR) is 104 cm³/mol. The molecule has 0 bridgehead atoms. The van der Waals surface area contributed by atoms with Crippen LogP contribution in [0.4, 0.5) is 10.1 Å². The number of nitrogens with two attached hydrogens (primary N) is 1. The van der Waals surface area contributed by atoms with E-state index in [9.17, 15) is 9.18 Å². The van der Waals surface area contributed by atoms with Gasteiger partial charge in [-0.25, -0.2) is 4.39 Å². The van der Waals surface area contributed by atoms with Gasteiger partial charge >= 0.3 is 0 Å². The number of carbonyl (C=O) groups is 1. The van der Waals surface area contributed by atoms with E-state index >= 15 is 0 Å². The summed E-state index contributed by atoms with van der Waals surface area (Å²) in [6, 6.07) is 24.6. The van der Waals surface area contributed by atoms with Gasteiger partial charge < -0.3 is 10.6 Å². The number of hydrogen-bond donors (Lipinski definition) is 2. The average molecular weight is 414 g/mol. The van der Waals surface area contributed by atoms with Crippen molar-refractivity contribution in [3.05, 3.63) is 100 Å². The zero-order valence-corrected chi connectivity index (χ0v) is 15.6. The molecule has 0 fully saturated rings. The van der Waals surface area contributed by atoms with Crippen molar-refractivity contribution in [3.63, 3.8) is 0 Å². The second kappa shape index (κ2) is 8.74. The average Bonchev–Trinajstić information content (AvgIpc) is 2.66. The van der Waals surface area contributed by atoms with Gasteiger partial charge in [-0.3, -0.25) is 4.79 Å². The van der Waals surface area contributed by atoms with Crippen molar-refractivity contribution in [2.24, 2.45) is 0 Å². The normalized spacial score (nSPS) is 10.7. The van der Waals surface area contributed by atoms with Crippen LogP contribution in [0, 0.1) is 5.82 Å². The Morgan fingerprint density at radius 3 is 2.08 bits per heavy atom. The van der Waals surface area contributed by atoms with E-state index in [2.05, 4.69) is 21.2 Å². The fourth-order valence-corrected chi connectivity index (χ4v) is 3.14. The van der Waals surface area contributed by atoms with Crippen LogP contribution in [0.15, 0.2) is 83.3 Å². The summed E-state index contributed by atoms with van der Waals surface area (Å²) in [6.07, 6.45) is 0. The maximum atomic E-state index is 13.9. The summed E-state index contributed by atoms with van der Waals surface area (Å²) in [4.78, 5) is 12.3. The molecule has 0 aliphatic heterocycles. The van der Waals surface area contributed by atoms with Gasteiger partial charge in [0.1, 0.15) is 11.9 Å². The van der Waals surface area contributed by atoms with Crippen LogP contribution in [0.1, 0.15) is 17.2 Å². The third-order valence-corrected chi connectivity index (χ3v) is 4.55. The Bertz CT molecular complexity index is 832. The molecule has 1 amide bonds. The van der Waals surface area contributed by atoms with Gasteiger partial charge in [-0.05, 0) is 18.2 Å². The van der Waals surface area contributed by atoms with Gasteiger partial charge in [0.05, 0.1) is 5.69 Å². The van der Waals surface area contributed by atoms with Crippen molar-refractivity contribution in [1.82, 2.24) is 0 Å². The fraction of sp³-hybridized carbons (Fsp3) is 0.0952. The highest BCUT2D eigenvalue weighted by atomic mass is 79.9. The van der Waals surface area contributed by atoms with Gasteiger partial charge in [-0.15, -0.1) is 0 Å². The van der Waals surface area contributed by atoms with Crippen LogP contribution in [0.2, 0.25) is 0 Å². The van der Waals surface area contributed by atoms with E-state index in [1.165, 1.54) is 6.07 Å². The molecule has 3 nitrogen and oxygen atoms in total. The molecule has 0 unspecified atom stereocenters. The van der Waals surface area contributed by atoms with E-state index in [1.807, 2.05) is 66.0 Å². The molecule has 0 aromatic heterocycles. The summed E-state index contributed by atoms with van der Waals surface area (Å²) in [7, 11) is 0. The third kappa shape index (κ3) is 4.77. The fourth-order valence-electron chi connectivity index (χ4n) is 2.80. The number of benzene rings is 3. The predicted octanol–water partition coefficient (Wildman–Crippen LogP) is 3.88. The topological polar surface area (TPSA) is 45.7 Å². The maximum Gasteiger partial charge on any atom is 0.279 e. The molecule has 3 aromatic rings. The highest BCUT2D eigenvalue weighted by Gasteiger charge is 2.19. The first-order chi connectivity index (χ1) is 12.6. The second-order valence-electron chi connectivity index (χ2n) is 5.91. The Balaban J connectivity index is 1.71. The van der Waals surface area contributed by atoms with Gasteiger partial charge in [0, 0.05) is 15.6 Å². The summed E-state index contributed by atoms with van der Waals surface area (Å²) < 4.78 is 14.5. The van der Waals surface area contributed by atoms with Crippen LogP contribution in [-0.4, -0.2) is 12.5 Å². The number of carbonyl (C=O) groups excluding carboxylic acids is 1. The van der Waals surface area contributed by atoms with Gasteiger partial charge in [0.2, 0.25) is 0 Å². The van der Waals surface area contributed by atoms with Crippen LogP contribution in [0.25, 0.3) is 0 Å². The molecule has 132 valence electrons.